The molecule has 98 valence electrons. The van der Waals surface area contributed by atoms with Crippen molar-refractivity contribution < 1.29 is 19.0 Å². The molecule has 1 aliphatic carbocycles. The lowest BCUT2D eigenvalue weighted by molar-refractivity contribution is -0.137. The molecule has 5 heteroatoms. The Hall–Kier alpha value is -1.10. The maximum atomic E-state index is 13.8. The first-order chi connectivity index (χ1) is 8.52. The Morgan fingerprint density at radius 2 is 2.28 bits per heavy atom. The number of ether oxygens (including phenoxy) is 1. The van der Waals surface area contributed by atoms with Crippen LogP contribution in [0.25, 0.3) is 0 Å². The molecule has 1 N–H and O–H groups in total. The lowest BCUT2D eigenvalue weighted by atomic mass is 9.91. The van der Waals surface area contributed by atoms with Gasteiger partial charge >= 0.3 is 5.97 Å². The number of halogens is 2. The minimum Gasteiger partial charge on any atom is -0.492 e. The molecule has 0 heterocycles. The average Bonchev–Trinajstić information content (AvgIpc) is 3.09. The van der Waals surface area contributed by atoms with E-state index in [-0.39, 0.29) is 18.1 Å². The van der Waals surface area contributed by atoms with Gasteiger partial charge in [0.25, 0.3) is 0 Å². The molecule has 1 aliphatic rings. The van der Waals surface area contributed by atoms with E-state index in [9.17, 15) is 9.18 Å². The van der Waals surface area contributed by atoms with Crippen LogP contribution in [-0.2, 0) is 4.79 Å². The second kappa shape index (κ2) is 5.26. The number of hydrogen-bond acceptors (Lipinski definition) is 2. The molecule has 1 atom stereocenters. The van der Waals surface area contributed by atoms with E-state index in [4.69, 9.17) is 9.84 Å². The molecule has 1 unspecified atom stereocenters. The van der Waals surface area contributed by atoms with E-state index in [0.717, 1.165) is 18.4 Å². The zero-order chi connectivity index (χ0) is 13.3. The van der Waals surface area contributed by atoms with Gasteiger partial charge in [-0.3, -0.25) is 4.79 Å². The molecular formula is C13H14BrFO3. The summed E-state index contributed by atoms with van der Waals surface area (Å²) in [5.74, 6) is -0.902. The van der Waals surface area contributed by atoms with Gasteiger partial charge in [-0.2, -0.15) is 0 Å². The molecule has 1 fully saturated rings. The first kappa shape index (κ1) is 13.3. The maximum Gasteiger partial charge on any atom is 0.303 e. The first-order valence-electron chi connectivity index (χ1n) is 5.77. The lowest BCUT2D eigenvalue weighted by Crippen LogP contribution is -2.09. The van der Waals surface area contributed by atoms with Crippen molar-refractivity contribution in [1.29, 1.82) is 0 Å². The van der Waals surface area contributed by atoms with Crippen molar-refractivity contribution in [2.75, 3.05) is 7.11 Å². The number of methoxy groups -OCH3 is 1. The summed E-state index contributed by atoms with van der Waals surface area (Å²) in [5, 5.41) is 8.93. The number of benzene rings is 1. The van der Waals surface area contributed by atoms with Crippen LogP contribution in [0.5, 0.6) is 5.75 Å². The van der Waals surface area contributed by atoms with Gasteiger partial charge in [0.2, 0.25) is 0 Å². The van der Waals surface area contributed by atoms with Gasteiger partial charge in [0.1, 0.15) is 0 Å². The van der Waals surface area contributed by atoms with Gasteiger partial charge in [0.05, 0.1) is 18.0 Å². The van der Waals surface area contributed by atoms with E-state index in [1.54, 1.807) is 6.07 Å². The van der Waals surface area contributed by atoms with Crippen molar-refractivity contribution in [1.82, 2.24) is 0 Å². The third-order valence-corrected chi connectivity index (χ3v) is 3.83. The topological polar surface area (TPSA) is 46.5 Å². The summed E-state index contributed by atoms with van der Waals surface area (Å²) in [5.41, 5.74) is 0.727. The molecular weight excluding hydrogens is 303 g/mol. The summed E-state index contributed by atoms with van der Waals surface area (Å²) < 4.78 is 19.2. The first-order valence-corrected chi connectivity index (χ1v) is 6.57. The van der Waals surface area contributed by atoms with Crippen LogP contribution in [0.4, 0.5) is 4.39 Å². The predicted molar refractivity (Wildman–Crippen MR) is 68.4 cm³/mol. The fourth-order valence-electron chi connectivity index (χ4n) is 2.23. The van der Waals surface area contributed by atoms with Gasteiger partial charge in [-0.05, 0) is 58.3 Å². The van der Waals surface area contributed by atoms with Crippen LogP contribution in [-0.4, -0.2) is 18.2 Å². The van der Waals surface area contributed by atoms with E-state index in [0.29, 0.717) is 10.4 Å². The third kappa shape index (κ3) is 2.83. The van der Waals surface area contributed by atoms with Gasteiger partial charge in [0.15, 0.2) is 11.6 Å². The van der Waals surface area contributed by atoms with Crippen LogP contribution in [0.1, 0.15) is 30.7 Å². The Balaban J connectivity index is 2.33. The zero-order valence-electron chi connectivity index (χ0n) is 9.95. The van der Waals surface area contributed by atoms with Crippen molar-refractivity contribution in [3.8, 4) is 5.75 Å². The zero-order valence-corrected chi connectivity index (χ0v) is 11.5. The molecule has 1 saturated carbocycles. The number of carboxylic acids is 1. The fourth-order valence-corrected chi connectivity index (χ4v) is 2.85. The van der Waals surface area contributed by atoms with Crippen molar-refractivity contribution in [3.05, 3.63) is 28.0 Å². The van der Waals surface area contributed by atoms with E-state index >= 15 is 0 Å². The highest BCUT2D eigenvalue weighted by Crippen LogP contribution is 2.46. The summed E-state index contributed by atoms with van der Waals surface area (Å²) in [6.07, 6.45) is 2.08. The number of aliphatic carboxylic acids is 1. The Labute approximate surface area is 113 Å². The summed E-state index contributed by atoms with van der Waals surface area (Å²) in [6.45, 7) is 0. The molecule has 1 aromatic carbocycles. The largest absolute Gasteiger partial charge is 0.492 e. The van der Waals surface area contributed by atoms with E-state index in [1.165, 1.54) is 13.2 Å². The molecule has 0 aromatic heterocycles. The second-order valence-corrected chi connectivity index (χ2v) is 5.41. The van der Waals surface area contributed by atoms with Gasteiger partial charge in [-0.1, -0.05) is 0 Å². The average molecular weight is 317 g/mol. The lowest BCUT2D eigenvalue weighted by Gasteiger charge is -2.16. The smallest absolute Gasteiger partial charge is 0.303 e. The molecule has 0 spiro atoms. The summed E-state index contributed by atoms with van der Waals surface area (Å²) in [7, 11) is 1.40. The monoisotopic (exact) mass is 316 g/mol. The maximum absolute atomic E-state index is 13.8. The Kier molecular flexibility index (Phi) is 3.90. The molecule has 0 bridgehead atoms. The highest BCUT2D eigenvalue weighted by atomic mass is 79.9. The summed E-state index contributed by atoms with van der Waals surface area (Å²) in [4.78, 5) is 10.9. The Morgan fingerprint density at radius 1 is 1.61 bits per heavy atom. The molecule has 2 rings (SSSR count). The molecule has 3 nitrogen and oxygen atoms in total. The van der Waals surface area contributed by atoms with E-state index in [1.807, 2.05) is 0 Å². The predicted octanol–water partition coefficient (Wildman–Crippen LogP) is 3.57. The van der Waals surface area contributed by atoms with E-state index < -0.39 is 11.8 Å². The number of hydrogen-bond donors (Lipinski definition) is 1. The molecule has 0 aliphatic heterocycles. The number of carbonyl (C=O) groups is 1. The van der Waals surface area contributed by atoms with Crippen LogP contribution in [0, 0.1) is 11.7 Å². The minimum absolute atomic E-state index is 0.0445. The van der Waals surface area contributed by atoms with Gasteiger partial charge in [0, 0.05) is 0 Å². The quantitative estimate of drug-likeness (QED) is 0.903. The van der Waals surface area contributed by atoms with Crippen molar-refractivity contribution in [2.24, 2.45) is 5.92 Å². The Bertz CT molecular complexity index is 448. The molecule has 0 radical (unpaired) electrons. The second-order valence-electron chi connectivity index (χ2n) is 4.56. The van der Waals surface area contributed by atoms with Crippen molar-refractivity contribution >= 4 is 21.9 Å². The van der Waals surface area contributed by atoms with Gasteiger partial charge in [-0.15, -0.1) is 0 Å². The standard InChI is InChI=1S/C13H14BrFO3/c1-18-13-10(14)4-8(5-11(13)15)9(6-12(16)17)7-2-3-7/h4-5,7,9H,2-3,6H2,1H3,(H,16,17). The van der Waals surface area contributed by atoms with Crippen molar-refractivity contribution in [2.45, 2.75) is 25.2 Å². The van der Waals surface area contributed by atoms with Crippen molar-refractivity contribution in [3.63, 3.8) is 0 Å². The van der Waals surface area contributed by atoms with Crippen LogP contribution < -0.4 is 4.74 Å². The SMILES string of the molecule is COc1c(F)cc(C(CC(=O)O)C2CC2)cc1Br. The normalized spacial score (nSPS) is 16.4. The van der Waals surface area contributed by atoms with Crippen LogP contribution in [0.2, 0.25) is 0 Å². The van der Waals surface area contributed by atoms with E-state index in [2.05, 4.69) is 15.9 Å². The highest BCUT2D eigenvalue weighted by molar-refractivity contribution is 9.10. The number of rotatable bonds is 5. The van der Waals surface area contributed by atoms with Gasteiger partial charge < -0.3 is 9.84 Å². The third-order valence-electron chi connectivity index (χ3n) is 3.24. The summed E-state index contributed by atoms with van der Waals surface area (Å²) >= 11 is 3.25. The van der Waals surface area contributed by atoms with Gasteiger partial charge in [-0.25, -0.2) is 4.39 Å². The fraction of sp³-hybridized carbons (Fsp3) is 0.462. The minimum atomic E-state index is -0.848. The van der Waals surface area contributed by atoms with Crippen LogP contribution >= 0.6 is 15.9 Å². The molecule has 0 saturated heterocycles. The molecule has 18 heavy (non-hydrogen) atoms. The molecule has 0 amide bonds. The molecule has 1 aromatic rings. The highest BCUT2D eigenvalue weighted by Gasteiger charge is 2.34. The van der Waals surface area contributed by atoms with Crippen LogP contribution in [0.3, 0.4) is 0 Å². The number of carboxylic acid groups (broad SMARTS) is 1. The Morgan fingerprint density at radius 3 is 2.72 bits per heavy atom. The summed E-state index contributed by atoms with van der Waals surface area (Å²) in [6, 6.07) is 3.14. The van der Waals surface area contributed by atoms with Crippen LogP contribution in [0.15, 0.2) is 16.6 Å².